The van der Waals surface area contributed by atoms with Gasteiger partial charge in [-0.25, -0.2) is 0 Å². The van der Waals surface area contributed by atoms with Crippen LogP contribution in [0.3, 0.4) is 0 Å². The second kappa shape index (κ2) is 8.13. The highest BCUT2D eigenvalue weighted by Gasteiger charge is 2.34. The predicted octanol–water partition coefficient (Wildman–Crippen LogP) is 1.95. The molecule has 31 heavy (non-hydrogen) atoms. The third-order valence-corrected chi connectivity index (χ3v) is 6.38. The number of anilines is 1. The molecule has 0 spiro atoms. The van der Waals surface area contributed by atoms with Gasteiger partial charge in [0, 0.05) is 37.9 Å². The molecule has 0 saturated carbocycles. The van der Waals surface area contributed by atoms with Crippen molar-refractivity contribution < 1.29 is 19.1 Å². The van der Waals surface area contributed by atoms with Gasteiger partial charge in [-0.3, -0.25) is 9.59 Å². The Morgan fingerprint density at radius 1 is 0.935 bits per heavy atom. The summed E-state index contributed by atoms with van der Waals surface area (Å²) in [5.41, 5.74) is 2.46. The molecule has 3 heterocycles. The summed E-state index contributed by atoms with van der Waals surface area (Å²) in [4.78, 5) is 31.7. The van der Waals surface area contributed by atoms with Crippen molar-refractivity contribution >= 4 is 17.5 Å². The molecule has 0 N–H and O–H groups in total. The normalized spacial score (nSPS) is 22.3. The monoisotopic (exact) mass is 421 g/mol. The summed E-state index contributed by atoms with van der Waals surface area (Å²) in [6, 6.07) is 16.0. The Hall–Kier alpha value is -3.22. The van der Waals surface area contributed by atoms with E-state index in [4.69, 9.17) is 9.47 Å². The maximum absolute atomic E-state index is 13.0. The van der Waals surface area contributed by atoms with E-state index in [0.29, 0.717) is 50.3 Å². The zero-order chi connectivity index (χ0) is 21.4. The highest BCUT2D eigenvalue weighted by molar-refractivity contribution is 5.84. The van der Waals surface area contributed by atoms with Crippen molar-refractivity contribution in [1.82, 2.24) is 9.80 Å². The number of rotatable bonds is 3. The van der Waals surface area contributed by atoms with Crippen LogP contribution < -0.4 is 14.4 Å². The van der Waals surface area contributed by atoms with E-state index < -0.39 is 6.10 Å². The summed E-state index contributed by atoms with van der Waals surface area (Å²) >= 11 is 0. The average molecular weight is 421 g/mol. The van der Waals surface area contributed by atoms with E-state index >= 15 is 0 Å². The molecule has 2 aromatic rings. The van der Waals surface area contributed by atoms with E-state index in [2.05, 4.69) is 24.0 Å². The first-order valence-electron chi connectivity index (χ1n) is 10.9. The van der Waals surface area contributed by atoms with Crippen LogP contribution in [0.25, 0.3) is 0 Å². The molecular weight excluding hydrogens is 394 g/mol. The first-order chi connectivity index (χ1) is 15.1. The summed E-state index contributed by atoms with van der Waals surface area (Å²) in [6.45, 7) is 4.85. The van der Waals surface area contributed by atoms with Crippen molar-refractivity contribution in [3.63, 3.8) is 0 Å². The summed E-state index contributed by atoms with van der Waals surface area (Å²) < 4.78 is 11.5. The van der Waals surface area contributed by atoms with E-state index in [9.17, 15) is 9.59 Å². The first-order valence-corrected chi connectivity index (χ1v) is 10.9. The molecule has 162 valence electrons. The number of para-hydroxylation sites is 3. The molecule has 0 aromatic heterocycles. The maximum atomic E-state index is 13.0. The molecule has 2 amide bonds. The van der Waals surface area contributed by atoms with Crippen LogP contribution >= 0.6 is 0 Å². The van der Waals surface area contributed by atoms with Gasteiger partial charge in [-0.2, -0.15) is 0 Å². The SMILES string of the molecule is C[C@H]1Cc2ccccc2N1CC(=O)N1CCN(C(=O)[C@H]2COc3ccccc3O2)CC1. The fourth-order valence-corrected chi connectivity index (χ4v) is 4.64. The van der Waals surface area contributed by atoms with Crippen LogP contribution in [0.15, 0.2) is 48.5 Å². The predicted molar refractivity (Wildman–Crippen MR) is 116 cm³/mol. The number of benzene rings is 2. The van der Waals surface area contributed by atoms with Gasteiger partial charge in [0.15, 0.2) is 11.5 Å². The Morgan fingerprint density at radius 3 is 2.42 bits per heavy atom. The number of nitrogens with zero attached hydrogens (tertiary/aromatic N) is 3. The van der Waals surface area contributed by atoms with Crippen LogP contribution in [-0.4, -0.2) is 73.1 Å². The summed E-state index contributed by atoms with van der Waals surface area (Å²) in [7, 11) is 0. The third-order valence-electron chi connectivity index (χ3n) is 6.38. The number of carbonyl (C=O) groups is 2. The third kappa shape index (κ3) is 3.80. The molecule has 0 bridgehead atoms. The summed E-state index contributed by atoms with van der Waals surface area (Å²) in [5, 5.41) is 0. The van der Waals surface area contributed by atoms with E-state index in [1.807, 2.05) is 41.3 Å². The van der Waals surface area contributed by atoms with Crippen LogP contribution in [0.4, 0.5) is 5.69 Å². The Bertz CT molecular complexity index is 986. The molecule has 0 aliphatic carbocycles. The molecular formula is C24H27N3O4. The fraction of sp³-hybridized carbons (Fsp3) is 0.417. The van der Waals surface area contributed by atoms with Crippen LogP contribution in [-0.2, 0) is 16.0 Å². The van der Waals surface area contributed by atoms with Crippen molar-refractivity contribution in [2.75, 3.05) is 44.2 Å². The highest BCUT2D eigenvalue weighted by Crippen LogP contribution is 2.32. The van der Waals surface area contributed by atoms with Gasteiger partial charge in [-0.15, -0.1) is 0 Å². The molecule has 2 aromatic carbocycles. The number of hydrogen-bond acceptors (Lipinski definition) is 5. The minimum atomic E-state index is -0.640. The maximum Gasteiger partial charge on any atom is 0.267 e. The molecule has 2 atom stereocenters. The molecule has 3 aliphatic rings. The van der Waals surface area contributed by atoms with E-state index in [1.54, 1.807) is 4.90 Å². The standard InChI is InChI=1S/C24H27N3O4/c1-17-14-18-6-2-3-7-19(18)27(17)15-23(28)25-10-12-26(13-11-25)24(29)22-16-30-20-8-4-5-9-21(20)31-22/h2-9,17,22H,10-16H2,1H3/t17-,22+/m0/s1. The highest BCUT2D eigenvalue weighted by atomic mass is 16.6. The van der Waals surface area contributed by atoms with Crippen LogP contribution in [0.5, 0.6) is 11.5 Å². The molecule has 5 rings (SSSR count). The van der Waals surface area contributed by atoms with Gasteiger partial charge in [0.05, 0.1) is 6.54 Å². The number of amides is 2. The smallest absolute Gasteiger partial charge is 0.267 e. The molecule has 0 radical (unpaired) electrons. The Morgan fingerprint density at radius 2 is 1.61 bits per heavy atom. The minimum absolute atomic E-state index is 0.0799. The lowest BCUT2D eigenvalue weighted by atomic mass is 10.1. The lowest BCUT2D eigenvalue weighted by Gasteiger charge is -2.38. The van der Waals surface area contributed by atoms with Crippen LogP contribution in [0, 0.1) is 0 Å². The Balaban J connectivity index is 1.16. The van der Waals surface area contributed by atoms with Crippen LogP contribution in [0.1, 0.15) is 12.5 Å². The van der Waals surface area contributed by atoms with Gasteiger partial charge >= 0.3 is 0 Å². The van der Waals surface area contributed by atoms with Crippen LogP contribution in [0.2, 0.25) is 0 Å². The number of piperazine rings is 1. The van der Waals surface area contributed by atoms with E-state index in [-0.39, 0.29) is 18.4 Å². The lowest BCUT2D eigenvalue weighted by molar-refractivity contribution is -0.145. The summed E-state index contributed by atoms with van der Waals surface area (Å²) in [5.74, 6) is 1.30. The second-order valence-electron chi connectivity index (χ2n) is 8.38. The number of ether oxygens (including phenoxy) is 2. The fourth-order valence-electron chi connectivity index (χ4n) is 4.64. The number of hydrogen-bond donors (Lipinski definition) is 0. The van der Waals surface area contributed by atoms with Crippen molar-refractivity contribution in [1.29, 1.82) is 0 Å². The van der Waals surface area contributed by atoms with Gasteiger partial charge < -0.3 is 24.2 Å². The molecule has 7 heteroatoms. The molecule has 0 unspecified atom stereocenters. The van der Waals surface area contributed by atoms with Gasteiger partial charge in [-0.1, -0.05) is 30.3 Å². The average Bonchev–Trinajstić information content (AvgIpc) is 3.13. The Labute approximate surface area is 182 Å². The van der Waals surface area contributed by atoms with Crippen molar-refractivity contribution in [3.05, 3.63) is 54.1 Å². The van der Waals surface area contributed by atoms with Gasteiger partial charge in [0.25, 0.3) is 5.91 Å². The van der Waals surface area contributed by atoms with Gasteiger partial charge in [-0.05, 0) is 37.1 Å². The van der Waals surface area contributed by atoms with Gasteiger partial charge in [0.2, 0.25) is 12.0 Å². The molecule has 1 saturated heterocycles. The van der Waals surface area contributed by atoms with Crippen molar-refractivity contribution in [3.8, 4) is 11.5 Å². The van der Waals surface area contributed by atoms with Crippen molar-refractivity contribution in [2.45, 2.75) is 25.5 Å². The zero-order valence-electron chi connectivity index (χ0n) is 17.7. The zero-order valence-corrected chi connectivity index (χ0v) is 17.7. The molecule has 3 aliphatic heterocycles. The number of fused-ring (bicyclic) bond motifs is 2. The van der Waals surface area contributed by atoms with E-state index in [1.165, 1.54) is 5.56 Å². The largest absolute Gasteiger partial charge is 0.485 e. The molecule has 1 fully saturated rings. The number of carbonyl (C=O) groups excluding carboxylic acids is 2. The summed E-state index contributed by atoms with van der Waals surface area (Å²) in [6.07, 6.45) is 0.331. The minimum Gasteiger partial charge on any atom is -0.485 e. The molecule has 7 nitrogen and oxygen atoms in total. The topological polar surface area (TPSA) is 62.3 Å². The first kappa shape index (κ1) is 19.7. The Kier molecular flexibility index (Phi) is 5.18. The van der Waals surface area contributed by atoms with Crippen molar-refractivity contribution in [2.24, 2.45) is 0 Å². The second-order valence-corrected chi connectivity index (χ2v) is 8.38. The quantitative estimate of drug-likeness (QED) is 0.758. The van der Waals surface area contributed by atoms with Gasteiger partial charge in [0.1, 0.15) is 6.61 Å². The van der Waals surface area contributed by atoms with E-state index in [0.717, 1.165) is 12.1 Å². The lowest BCUT2D eigenvalue weighted by Crippen LogP contribution is -2.56.